The summed E-state index contributed by atoms with van der Waals surface area (Å²) in [5, 5.41) is 11.9. The Morgan fingerprint density at radius 3 is 2.58 bits per heavy atom. The second kappa shape index (κ2) is 7.64. The van der Waals surface area contributed by atoms with Crippen molar-refractivity contribution in [1.82, 2.24) is 0 Å². The van der Waals surface area contributed by atoms with E-state index in [1.54, 1.807) is 43.3 Å². The Balaban J connectivity index is 2.20. The average molecular weight is 327 g/mol. The number of nitrogens with one attached hydrogen (secondary N) is 1. The molecule has 0 saturated carbocycles. The fourth-order valence-electron chi connectivity index (χ4n) is 2.22. The van der Waals surface area contributed by atoms with E-state index in [2.05, 4.69) is 5.32 Å². The first-order valence-electron chi connectivity index (χ1n) is 7.83. The molecule has 0 bridgehead atoms. The van der Waals surface area contributed by atoms with Crippen molar-refractivity contribution < 1.29 is 19.4 Å². The molecule has 0 spiro atoms. The van der Waals surface area contributed by atoms with E-state index in [-0.39, 0.29) is 17.6 Å². The predicted octanol–water partition coefficient (Wildman–Crippen LogP) is 4.12. The van der Waals surface area contributed by atoms with Gasteiger partial charge < -0.3 is 15.2 Å². The lowest BCUT2D eigenvalue weighted by Crippen LogP contribution is -2.15. The molecule has 0 saturated heterocycles. The maximum absolute atomic E-state index is 12.4. The van der Waals surface area contributed by atoms with Crippen LogP contribution < -0.4 is 10.1 Å². The molecule has 2 aromatic rings. The van der Waals surface area contributed by atoms with Crippen molar-refractivity contribution in [1.29, 1.82) is 0 Å². The molecule has 2 aromatic carbocycles. The zero-order valence-corrected chi connectivity index (χ0v) is 14.0. The van der Waals surface area contributed by atoms with Gasteiger partial charge in [-0.25, -0.2) is 4.79 Å². The predicted molar refractivity (Wildman–Crippen MR) is 92.9 cm³/mol. The van der Waals surface area contributed by atoms with Gasteiger partial charge in [0, 0.05) is 11.3 Å². The molecule has 0 heterocycles. The van der Waals surface area contributed by atoms with Crippen molar-refractivity contribution in [2.45, 2.75) is 33.3 Å². The monoisotopic (exact) mass is 327 g/mol. The summed E-state index contributed by atoms with van der Waals surface area (Å²) in [5.41, 5.74) is 1.62. The molecule has 1 atom stereocenters. The van der Waals surface area contributed by atoms with Gasteiger partial charge in [-0.3, -0.25) is 4.79 Å². The van der Waals surface area contributed by atoms with Crippen LogP contribution in [0.4, 0.5) is 5.69 Å². The van der Waals surface area contributed by atoms with Gasteiger partial charge in [-0.1, -0.05) is 19.1 Å². The number of anilines is 1. The summed E-state index contributed by atoms with van der Waals surface area (Å²) in [6.07, 6.45) is 0.940. The maximum atomic E-state index is 12.4. The van der Waals surface area contributed by atoms with E-state index < -0.39 is 5.97 Å². The molecular formula is C19H21NO4. The number of rotatable bonds is 6. The van der Waals surface area contributed by atoms with E-state index in [1.807, 2.05) is 13.8 Å². The summed E-state index contributed by atoms with van der Waals surface area (Å²) in [4.78, 5) is 23.6. The van der Waals surface area contributed by atoms with E-state index in [4.69, 9.17) is 9.84 Å². The Morgan fingerprint density at radius 2 is 1.92 bits per heavy atom. The lowest BCUT2D eigenvalue weighted by molar-refractivity contribution is 0.0695. The van der Waals surface area contributed by atoms with Crippen LogP contribution in [0.5, 0.6) is 5.75 Å². The first kappa shape index (κ1) is 17.5. The standard InChI is InChI=1S/C19H21NO4/c1-4-12(2)24-15-8-5-7-14(11-15)18(21)20-17-10-6-9-16(13(17)3)19(22)23/h5-12H,4H2,1-3H3,(H,20,21)(H,22,23)/t12-/m1/s1. The van der Waals surface area contributed by atoms with E-state index in [0.717, 1.165) is 6.42 Å². The SMILES string of the molecule is CC[C@@H](C)Oc1cccc(C(=O)Nc2cccc(C(=O)O)c2C)c1. The van der Waals surface area contributed by atoms with Crippen molar-refractivity contribution >= 4 is 17.6 Å². The summed E-state index contributed by atoms with van der Waals surface area (Å²) >= 11 is 0. The molecule has 2 N–H and O–H groups in total. The Morgan fingerprint density at radius 1 is 1.21 bits per heavy atom. The van der Waals surface area contributed by atoms with Gasteiger partial charge in [0.15, 0.2) is 0 Å². The van der Waals surface area contributed by atoms with Gasteiger partial charge in [0.25, 0.3) is 5.91 Å². The van der Waals surface area contributed by atoms with Crippen LogP contribution in [0, 0.1) is 6.92 Å². The van der Waals surface area contributed by atoms with Gasteiger partial charge in [0.05, 0.1) is 11.7 Å². The number of benzene rings is 2. The summed E-state index contributed by atoms with van der Waals surface area (Å²) in [7, 11) is 0. The van der Waals surface area contributed by atoms with Crippen LogP contribution in [0.25, 0.3) is 0 Å². The molecule has 0 aliphatic carbocycles. The minimum absolute atomic E-state index is 0.0674. The molecule has 24 heavy (non-hydrogen) atoms. The van der Waals surface area contributed by atoms with Gasteiger partial charge in [-0.2, -0.15) is 0 Å². The van der Waals surface area contributed by atoms with Gasteiger partial charge in [0.2, 0.25) is 0 Å². The molecule has 1 amide bonds. The smallest absolute Gasteiger partial charge is 0.336 e. The third-order valence-corrected chi connectivity index (χ3v) is 3.82. The number of ether oxygens (including phenoxy) is 1. The highest BCUT2D eigenvalue weighted by Crippen LogP contribution is 2.21. The molecule has 0 aliphatic heterocycles. The summed E-state index contributed by atoms with van der Waals surface area (Å²) in [6.45, 7) is 5.66. The first-order chi connectivity index (χ1) is 11.4. The van der Waals surface area contributed by atoms with Crippen molar-refractivity contribution in [3.63, 3.8) is 0 Å². The number of carbonyl (C=O) groups excluding carboxylic acids is 1. The molecule has 0 aliphatic rings. The molecule has 0 aromatic heterocycles. The number of amides is 1. The van der Waals surface area contributed by atoms with Crippen LogP contribution in [0.15, 0.2) is 42.5 Å². The quantitative estimate of drug-likeness (QED) is 0.836. The zero-order chi connectivity index (χ0) is 17.7. The second-order valence-corrected chi connectivity index (χ2v) is 5.60. The van der Waals surface area contributed by atoms with E-state index in [1.165, 1.54) is 6.07 Å². The van der Waals surface area contributed by atoms with Crippen molar-refractivity contribution in [3.8, 4) is 5.75 Å². The zero-order valence-electron chi connectivity index (χ0n) is 14.0. The number of aromatic carboxylic acids is 1. The van der Waals surface area contributed by atoms with E-state index >= 15 is 0 Å². The molecule has 0 fully saturated rings. The van der Waals surface area contributed by atoms with Gasteiger partial charge in [0.1, 0.15) is 5.75 Å². The summed E-state index contributed by atoms with van der Waals surface area (Å²) < 4.78 is 5.72. The Kier molecular flexibility index (Phi) is 5.58. The first-order valence-corrected chi connectivity index (χ1v) is 7.83. The van der Waals surface area contributed by atoms with E-state index in [0.29, 0.717) is 22.6 Å². The second-order valence-electron chi connectivity index (χ2n) is 5.60. The highest BCUT2D eigenvalue weighted by atomic mass is 16.5. The van der Waals surface area contributed by atoms with Crippen molar-refractivity contribution in [3.05, 3.63) is 59.2 Å². The molecule has 2 rings (SSSR count). The summed E-state index contributed by atoms with van der Waals surface area (Å²) in [6, 6.07) is 11.7. The minimum atomic E-state index is -1.02. The third-order valence-electron chi connectivity index (χ3n) is 3.82. The lowest BCUT2D eigenvalue weighted by atomic mass is 10.1. The van der Waals surface area contributed by atoms with E-state index in [9.17, 15) is 9.59 Å². The number of hydrogen-bond donors (Lipinski definition) is 2. The van der Waals surface area contributed by atoms with Crippen LogP contribution in [-0.2, 0) is 0 Å². The van der Waals surface area contributed by atoms with Gasteiger partial charge in [-0.05, 0) is 56.2 Å². The highest BCUT2D eigenvalue weighted by molar-refractivity contribution is 6.05. The normalized spacial score (nSPS) is 11.6. The third kappa shape index (κ3) is 4.13. The van der Waals surface area contributed by atoms with Gasteiger partial charge in [-0.15, -0.1) is 0 Å². The molecule has 0 radical (unpaired) electrons. The molecule has 126 valence electrons. The van der Waals surface area contributed by atoms with Gasteiger partial charge >= 0.3 is 5.97 Å². The van der Waals surface area contributed by atoms with Crippen LogP contribution >= 0.6 is 0 Å². The fraction of sp³-hybridized carbons (Fsp3) is 0.263. The minimum Gasteiger partial charge on any atom is -0.491 e. The number of carboxylic acids is 1. The molecule has 5 heteroatoms. The maximum Gasteiger partial charge on any atom is 0.336 e. The average Bonchev–Trinajstić information content (AvgIpc) is 2.56. The van der Waals surface area contributed by atoms with Crippen LogP contribution in [0.3, 0.4) is 0 Å². The van der Waals surface area contributed by atoms with Crippen LogP contribution in [0.1, 0.15) is 46.5 Å². The van der Waals surface area contributed by atoms with Crippen molar-refractivity contribution in [2.75, 3.05) is 5.32 Å². The fourth-order valence-corrected chi connectivity index (χ4v) is 2.22. The molecule has 5 nitrogen and oxygen atoms in total. The van der Waals surface area contributed by atoms with Crippen LogP contribution in [0.2, 0.25) is 0 Å². The Hall–Kier alpha value is -2.82. The number of hydrogen-bond acceptors (Lipinski definition) is 3. The molecule has 0 unspecified atom stereocenters. The Bertz CT molecular complexity index is 755. The largest absolute Gasteiger partial charge is 0.491 e. The van der Waals surface area contributed by atoms with Crippen LogP contribution in [-0.4, -0.2) is 23.1 Å². The Labute approximate surface area is 141 Å². The number of carbonyl (C=O) groups is 2. The topological polar surface area (TPSA) is 75.6 Å². The highest BCUT2D eigenvalue weighted by Gasteiger charge is 2.13. The lowest BCUT2D eigenvalue weighted by Gasteiger charge is -2.14. The summed E-state index contributed by atoms with van der Waals surface area (Å²) in [5.74, 6) is -0.698. The van der Waals surface area contributed by atoms with Crippen molar-refractivity contribution in [2.24, 2.45) is 0 Å². The number of carboxylic acid groups (broad SMARTS) is 1. The molecular weight excluding hydrogens is 306 g/mol.